The maximum atomic E-state index is 12.3. The second kappa shape index (κ2) is 8.93. The summed E-state index contributed by atoms with van der Waals surface area (Å²) in [5.74, 6) is 0.224. The highest BCUT2D eigenvalue weighted by Crippen LogP contribution is 2.25. The van der Waals surface area contributed by atoms with E-state index in [1.807, 2.05) is 6.92 Å². The molecule has 3 rings (SSSR count). The van der Waals surface area contributed by atoms with Gasteiger partial charge in [-0.05, 0) is 55.3 Å². The van der Waals surface area contributed by atoms with E-state index in [1.165, 1.54) is 6.07 Å². The van der Waals surface area contributed by atoms with E-state index in [9.17, 15) is 9.59 Å². The van der Waals surface area contributed by atoms with E-state index in [1.54, 1.807) is 36.4 Å². The van der Waals surface area contributed by atoms with Crippen molar-refractivity contribution in [2.45, 2.75) is 33.3 Å². The maximum Gasteiger partial charge on any atom is 0.338 e. The summed E-state index contributed by atoms with van der Waals surface area (Å²) in [6.07, 6.45) is 2.04. The first-order valence-electron chi connectivity index (χ1n) is 9.11. The summed E-state index contributed by atoms with van der Waals surface area (Å²) in [5.41, 5.74) is 1.65. The summed E-state index contributed by atoms with van der Waals surface area (Å²) >= 11 is 6.18. The highest BCUT2D eigenvalue weighted by molar-refractivity contribution is 6.32. The molecule has 0 atom stereocenters. The number of esters is 1. The number of benzene rings is 2. The Balaban J connectivity index is 1.72. The molecular weight excluding hydrogens is 380 g/mol. The monoisotopic (exact) mass is 400 g/mol. The van der Waals surface area contributed by atoms with Gasteiger partial charge in [0.1, 0.15) is 17.9 Å². The van der Waals surface area contributed by atoms with Gasteiger partial charge in [-0.3, -0.25) is 0 Å². The van der Waals surface area contributed by atoms with Crippen molar-refractivity contribution in [2.75, 3.05) is 6.61 Å². The summed E-state index contributed by atoms with van der Waals surface area (Å²) in [5, 5.41) is 1.19. The van der Waals surface area contributed by atoms with E-state index < -0.39 is 11.6 Å². The van der Waals surface area contributed by atoms with Crippen LogP contribution in [0.2, 0.25) is 5.02 Å². The molecule has 2 aromatic carbocycles. The number of unbranched alkanes of at least 4 members (excludes halogenated alkanes) is 1. The van der Waals surface area contributed by atoms with Crippen molar-refractivity contribution >= 4 is 28.5 Å². The maximum absolute atomic E-state index is 12.3. The highest BCUT2D eigenvalue weighted by Gasteiger charge is 2.12. The van der Waals surface area contributed by atoms with Crippen molar-refractivity contribution < 1.29 is 18.7 Å². The third-order valence-electron chi connectivity index (χ3n) is 4.32. The molecule has 28 heavy (non-hydrogen) atoms. The molecule has 0 saturated carbocycles. The number of fused-ring (bicyclic) bond motifs is 1. The molecule has 0 aliphatic carbocycles. The molecule has 0 saturated heterocycles. The van der Waals surface area contributed by atoms with Gasteiger partial charge in [0.25, 0.3) is 0 Å². The predicted octanol–water partition coefficient (Wildman–Crippen LogP) is 5.29. The number of carbonyl (C=O) groups is 1. The van der Waals surface area contributed by atoms with Crippen LogP contribution in [0.1, 0.15) is 41.3 Å². The van der Waals surface area contributed by atoms with Gasteiger partial charge >= 0.3 is 11.6 Å². The number of halogens is 1. The predicted molar refractivity (Wildman–Crippen MR) is 108 cm³/mol. The summed E-state index contributed by atoms with van der Waals surface area (Å²) in [4.78, 5) is 24.1. The Bertz CT molecular complexity index is 1040. The SMILES string of the molecule is CCCCOc1ccc(C(=O)OCc2cc(=O)oc3cc(C)c(Cl)cc23)cc1. The lowest BCUT2D eigenvalue weighted by Gasteiger charge is -2.09. The highest BCUT2D eigenvalue weighted by atomic mass is 35.5. The lowest BCUT2D eigenvalue weighted by molar-refractivity contribution is 0.0474. The average Bonchev–Trinajstić information content (AvgIpc) is 2.68. The van der Waals surface area contributed by atoms with E-state index >= 15 is 0 Å². The summed E-state index contributed by atoms with van der Waals surface area (Å²) in [6.45, 7) is 4.50. The second-order valence-electron chi connectivity index (χ2n) is 6.49. The van der Waals surface area contributed by atoms with E-state index in [0.717, 1.165) is 18.4 Å². The van der Waals surface area contributed by atoms with Crippen molar-refractivity contribution in [3.8, 4) is 5.75 Å². The van der Waals surface area contributed by atoms with Crippen LogP contribution in [0, 0.1) is 6.92 Å². The molecule has 6 heteroatoms. The summed E-state index contributed by atoms with van der Waals surface area (Å²) in [6, 6.07) is 11.5. The van der Waals surface area contributed by atoms with Crippen LogP contribution in [-0.2, 0) is 11.3 Å². The fourth-order valence-corrected chi connectivity index (χ4v) is 2.88. The van der Waals surface area contributed by atoms with Gasteiger partial charge in [-0.25, -0.2) is 9.59 Å². The minimum atomic E-state index is -0.506. The van der Waals surface area contributed by atoms with E-state index in [-0.39, 0.29) is 6.61 Å². The minimum Gasteiger partial charge on any atom is -0.494 e. The van der Waals surface area contributed by atoms with Gasteiger partial charge in [0.05, 0.1) is 12.2 Å². The Morgan fingerprint density at radius 3 is 2.61 bits per heavy atom. The van der Waals surface area contributed by atoms with Gasteiger partial charge in [-0.1, -0.05) is 24.9 Å². The fourth-order valence-electron chi connectivity index (χ4n) is 2.72. The molecule has 0 unspecified atom stereocenters. The van der Waals surface area contributed by atoms with Crippen LogP contribution in [0.25, 0.3) is 11.0 Å². The molecule has 1 aromatic heterocycles. The van der Waals surface area contributed by atoms with Gasteiger partial charge < -0.3 is 13.9 Å². The Morgan fingerprint density at radius 1 is 1.14 bits per heavy atom. The van der Waals surface area contributed by atoms with Crippen molar-refractivity contribution in [3.63, 3.8) is 0 Å². The molecule has 0 bridgehead atoms. The van der Waals surface area contributed by atoms with Gasteiger partial charge in [-0.15, -0.1) is 0 Å². The fraction of sp³-hybridized carbons (Fsp3) is 0.273. The molecule has 5 nitrogen and oxygen atoms in total. The first-order valence-corrected chi connectivity index (χ1v) is 9.48. The third-order valence-corrected chi connectivity index (χ3v) is 4.73. The normalized spacial score (nSPS) is 10.8. The molecule has 0 spiro atoms. The number of aryl methyl sites for hydroxylation is 1. The smallest absolute Gasteiger partial charge is 0.338 e. The summed E-state index contributed by atoms with van der Waals surface area (Å²) in [7, 11) is 0. The lowest BCUT2D eigenvalue weighted by Crippen LogP contribution is -2.08. The van der Waals surface area contributed by atoms with Crippen LogP contribution >= 0.6 is 11.6 Å². The van der Waals surface area contributed by atoms with Crippen molar-refractivity contribution in [1.82, 2.24) is 0 Å². The van der Waals surface area contributed by atoms with E-state index in [0.29, 0.717) is 39.5 Å². The zero-order valence-corrected chi connectivity index (χ0v) is 16.5. The average molecular weight is 401 g/mol. The van der Waals surface area contributed by atoms with E-state index in [4.69, 9.17) is 25.5 Å². The molecule has 146 valence electrons. The van der Waals surface area contributed by atoms with E-state index in [2.05, 4.69) is 6.92 Å². The minimum absolute atomic E-state index is 0.0604. The van der Waals surface area contributed by atoms with Crippen LogP contribution in [-0.4, -0.2) is 12.6 Å². The van der Waals surface area contributed by atoms with Crippen LogP contribution < -0.4 is 10.4 Å². The number of hydrogen-bond acceptors (Lipinski definition) is 5. The largest absolute Gasteiger partial charge is 0.494 e. The quantitative estimate of drug-likeness (QED) is 0.306. The zero-order chi connectivity index (χ0) is 20.1. The van der Waals surface area contributed by atoms with Crippen molar-refractivity contribution in [2.24, 2.45) is 0 Å². The number of hydrogen-bond donors (Lipinski definition) is 0. The van der Waals surface area contributed by atoms with Gasteiger partial charge in [0.2, 0.25) is 0 Å². The first kappa shape index (κ1) is 20.0. The molecule has 0 N–H and O–H groups in total. The van der Waals surface area contributed by atoms with Gasteiger partial charge in [0.15, 0.2) is 0 Å². The van der Waals surface area contributed by atoms with Crippen LogP contribution in [0.5, 0.6) is 5.75 Å². The third kappa shape index (κ3) is 4.73. The Morgan fingerprint density at radius 2 is 1.89 bits per heavy atom. The summed E-state index contributed by atoms with van der Waals surface area (Å²) < 4.78 is 16.2. The Kier molecular flexibility index (Phi) is 6.37. The standard InChI is InChI=1S/C22H21ClO5/c1-3-4-9-26-17-7-5-15(6-8-17)22(25)27-13-16-11-21(24)28-20-10-14(2)19(23)12-18(16)20/h5-8,10-12H,3-4,9,13H2,1-2H3. The number of rotatable bonds is 7. The van der Waals surface area contributed by atoms with Crippen LogP contribution in [0.4, 0.5) is 0 Å². The molecular formula is C22H21ClO5. The Hall–Kier alpha value is -2.79. The second-order valence-corrected chi connectivity index (χ2v) is 6.90. The van der Waals surface area contributed by atoms with Gasteiger partial charge in [0, 0.05) is 22.0 Å². The number of carbonyl (C=O) groups excluding carboxylic acids is 1. The first-order chi connectivity index (χ1) is 13.5. The zero-order valence-electron chi connectivity index (χ0n) is 15.8. The van der Waals surface area contributed by atoms with Crippen LogP contribution in [0.15, 0.2) is 51.7 Å². The number of ether oxygens (including phenoxy) is 2. The lowest BCUT2D eigenvalue weighted by atomic mass is 10.1. The molecule has 0 fully saturated rings. The Labute approximate surface area is 167 Å². The molecule has 0 aliphatic rings. The topological polar surface area (TPSA) is 65.7 Å². The molecule has 0 radical (unpaired) electrons. The van der Waals surface area contributed by atoms with Crippen molar-refractivity contribution in [3.05, 3.63) is 74.6 Å². The molecule has 0 amide bonds. The van der Waals surface area contributed by atoms with Crippen LogP contribution in [0.3, 0.4) is 0 Å². The molecule has 3 aromatic rings. The molecule has 1 heterocycles. The van der Waals surface area contributed by atoms with Crippen molar-refractivity contribution in [1.29, 1.82) is 0 Å². The van der Waals surface area contributed by atoms with Gasteiger partial charge in [-0.2, -0.15) is 0 Å². The molecule has 0 aliphatic heterocycles.